The molecule has 12 heteroatoms. The normalized spacial score (nSPS) is 13.7. The van der Waals surface area contributed by atoms with E-state index in [0.717, 1.165) is 23.3 Å². The topological polar surface area (TPSA) is 149 Å². The zero-order valence-corrected chi connectivity index (χ0v) is 26.4. The molecule has 2 N–H and O–H groups in total. The van der Waals surface area contributed by atoms with Gasteiger partial charge in [0.2, 0.25) is 0 Å². The Bertz CT molecular complexity index is 1840. The molecule has 11 nitrogen and oxygen atoms in total. The summed E-state index contributed by atoms with van der Waals surface area (Å²) in [5.74, 6) is -3.45. The average Bonchev–Trinajstić information content (AvgIpc) is 3.43. The van der Waals surface area contributed by atoms with Gasteiger partial charge in [0, 0.05) is 16.5 Å². The summed E-state index contributed by atoms with van der Waals surface area (Å²) >= 11 is 1.26. The first-order chi connectivity index (χ1) is 22.7. The number of hydrogen-bond donors (Lipinski definition) is 2. The predicted molar refractivity (Wildman–Crippen MR) is 175 cm³/mol. The summed E-state index contributed by atoms with van der Waals surface area (Å²) in [7, 11) is 0. The second-order valence-electron chi connectivity index (χ2n) is 10.6. The lowest BCUT2D eigenvalue weighted by atomic mass is 9.88. The summed E-state index contributed by atoms with van der Waals surface area (Å²) in [6, 6.07) is 20.9. The molecule has 0 spiro atoms. The van der Waals surface area contributed by atoms with E-state index in [0.29, 0.717) is 17.9 Å². The number of ether oxygens (including phenoxy) is 3. The Morgan fingerprint density at radius 3 is 2.19 bits per heavy atom. The third-order valence-corrected chi connectivity index (χ3v) is 8.38. The lowest BCUT2D eigenvalue weighted by Crippen LogP contribution is -2.32. The lowest BCUT2D eigenvalue weighted by Gasteiger charge is -2.18. The van der Waals surface area contributed by atoms with Crippen molar-refractivity contribution >= 4 is 52.3 Å². The average molecular weight is 654 g/mol. The fraction of sp³-hybridized carbons (Fsp3) is 0.200. The van der Waals surface area contributed by atoms with Gasteiger partial charge in [0.1, 0.15) is 16.5 Å². The number of rotatable bonds is 9. The van der Waals surface area contributed by atoms with Crippen molar-refractivity contribution in [3.63, 3.8) is 0 Å². The number of amides is 2. The van der Waals surface area contributed by atoms with E-state index in [1.54, 1.807) is 67.6 Å². The molecule has 47 heavy (non-hydrogen) atoms. The second-order valence-corrected chi connectivity index (χ2v) is 11.7. The summed E-state index contributed by atoms with van der Waals surface area (Å²) in [5, 5.41) is 6.66. The number of fused-ring (bicyclic) bond motifs is 1. The van der Waals surface area contributed by atoms with Gasteiger partial charge in [-0.05, 0) is 74.1 Å². The quantitative estimate of drug-likeness (QED) is 0.0782. The molecular formula is C35H31N3O8S. The second kappa shape index (κ2) is 15.1. The number of esters is 3. The molecule has 2 amide bonds. The molecule has 0 saturated heterocycles. The van der Waals surface area contributed by atoms with Crippen LogP contribution in [0.2, 0.25) is 0 Å². The van der Waals surface area contributed by atoms with Crippen molar-refractivity contribution in [2.45, 2.75) is 33.1 Å². The van der Waals surface area contributed by atoms with Crippen LogP contribution in [0.1, 0.15) is 67.3 Å². The summed E-state index contributed by atoms with van der Waals surface area (Å²) in [6.07, 6.45) is 3.52. The number of hydrazone groups is 1. The number of thiophene rings is 1. The SMILES string of the molecule is CCOC(=O)c1c(NC(=O)C(=O)N/N=C\c2ccc(OC(=O)c3ccccc3)cc2OC(=O)c2ccccc2)sc2c1CC[C@@H](C)C2. The molecule has 0 aliphatic heterocycles. The largest absolute Gasteiger partial charge is 0.462 e. The van der Waals surface area contributed by atoms with Crippen molar-refractivity contribution in [1.82, 2.24) is 5.43 Å². The molecule has 240 valence electrons. The fourth-order valence-electron chi connectivity index (χ4n) is 4.88. The smallest absolute Gasteiger partial charge is 0.343 e. The van der Waals surface area contributed by atoms with Gasteiger partial charge in [-0.2, -0.15) is 5.10 Å². The minimum Gasteiger partial charge on any atom is -0.462 e. The van der Waals surface area contributed by atoms with Crippen LogP contribution in [0.15, 0.2) is 84.0 Å². The van der Waals surface area contributed by atoms with Crippen molar-refractivity contribution in [3.05, 3.63) is 112 Å². The molecule has 3 aromatic carbocycles. The van der Waals surface area contributed by atoms with E-state index in [1.807, 2.05) is 0 Å². The molecule has 1 aliphatic carbocycles. The van der Waals surface area contributed by atoms with Crippen LogP contribution in [0.5, 0.6) is 11.5 Å². The Labute approximate surface area is 274 Å². The molecule has 1 heterocycles. The van der Waals surface area contributed by atoms with Crippen LogP contribution in [0.3, 0.4) is 0 Å². The monoisotopic (exact) mass is 653 g/mol. The Balaban J connectivity index is 1.31. The molecule has 0 unspecified atom stereocenters. The van der Waals surface area contributed by atoms with Crippen LogP contribution >= 0.6 is 11.3 Å². The van der Waals surface area contributed by atoms with Crippen LogP contribution in [-0.2, 0) is 27.2 Å². The maximum Gasteiger partial charge on any atom is 0.343 e. The van der Waals surface area contributed by atoms with E-state index >= 15 is 0 Å². The summed E-state index contributed by atoms with van der Waals surface area (Å²) < 4.78 is 16.3. The zero-order chi connectivity index (χ0) is 33.3. The zero-order valence-electron chi connectivity index (χ0n) is 25.6. The summed E-state index contributed by atoms with van der Waals surface area (Å²) in [4.78, 5) is 64.7. The first-order valence-electron chi connectivity index (χ1n) is 14.9. The molecule has 5 rings (SSSR count). The number of nitrogens with zero attached hydrogens (tertiary/aromatic N) is 1. The van der Waals surface area contributed by atoms with E-state index in [4.69, 9.17) is 14.2 Å². The van der Waals surface area contributed by atoms with Gasteiger partial charge >= 0.3 is 29.7 Å². The van der Waals surface area contributed by atoms with Crippen molar-refractivity contribution < 1.29 is 38.2 Å². The number of benzene rings is 3. The van der Waals surface area contributed by atoms with E-state index in [2.05, 4.69) is 22.8 Å². The molecule has 1 aliphatic rings. The van der Waals surface area contributed by atoms with Gasteiger partial charge in [-0.15, -0.1) is 11.3 Å². The Kier molecular flexibility index (Phi) is 10.5. The highest BCUT2D eigenvalue weighted by molar-refractivity contribution is 7.17. The van der Waals surface area contributed by atoms with E-state index in [1.165, 1.54) is 35.8 Å². The van der Waals surface area contributed by atoms with Crippen molar-refractivity contribution in [2.75, 3.05) is 11.9 Å². The number of carbonyl (C=O) groups is 5. The van der Waals surface area contributed by atoms with Crippen LogP contribution in [0.4, 0.5) is 5.00 Å². The third-order valence-electron chi connectivity index (χ3n) is 7.21. The van der Waals surface area contributed by atoms with Gasteiger partial charge in [-0.1, -0.05) is 43.3 Å². The predicted octanol–water partition coefficient (Wildman–Crippen LogP) is 5.58. The first kappa shape index (κ1) is 32.8. The molecular weight excluding hydrogens is 622 g/mol. The molecule has 0 saturated carbocycles. The molecule has 1 atom stereocenters. The summed E-state index contributed by atoms with van der Waals surface area (Å²) in [5.41, 5.74) is 4.12. The van der Waals surface area contributed by atoms with Crippen LogP contribution in [-0.4, -0.2) is 42.5 Å². The number of hydrogen-bond acceptors (Lipinski definition) is 10. The van der Waals surface area contributed by atoms with Gasteiger partial charge in [-0.25, -0.2) is 19.8 Å². The van der Waals surface area contributed by atoms with Gasteiger partial charge < -0.3 is 19.5 Å². The molecule has 1 aromatic heterocycles. The minimum atomic E-state index is -1.09. The minimum absolute atomic E-state index is 0.0165. The highest BCUT2D eigenvalue weighted by Crippen LogP contribution is 2.40. The van der Waals surface area contributed by atoms with Crippen LogP contribution in [0.25, 0.3) is 0 Å². The highest BCUT2D eigenvalue weighted by Gasteiger charge is 2.30. The molecule has 4 aromatic rings. The maximum atomic E-state index is 12.8. The van der Waals surface area contributed by atoms with Gasteiger partial charge in [0.15, 0.2) is 0 Å². The van der Waals surface area contributed by atoms with Crippen molar-refractivity contribution in [1.29, 1.82) is 0 Å². The Morgan fingerprint density at radius 1 is 0.872 bits per heavy atom. The fourth-order valence-corrected chi connectivity index (χ4v) is 6.27. The van der Waals surface area contributed by atoms with Crippen molar-refractivity contribution in [2.24, 2.45) is 11.0 Å². The molecule has 0 radical (unpaired) electrons. The van der Waals surface area contributed by atoms with E-state index in [9.17, 15) is 24.0 Å². The van der Waals surface area contributed by atoms with Gasteiger partial charge in [-0.3, -0.25) is 9.59 Å². The number of carbonyl (C=O) groups excluding carboxylic acids is 5. The van der Waals surface area contributed by atoms with Gasteiger partial charge in [0.25, 0.3) is 0 Å². The lowest BCUT2D eigenvalue weighted by molar-refractivity contribution is -0.136. The van der Waals surface area contributed by atoms with Gasteiger partial charge in [0.05, 0.1) is 29.5 Å². The highest BCUT2D eigenvalue weighted by atomic mass is 32.1. The molecule has 0 fully saturated rings. The Hall–Kier alpha value is -5.62. The standard InChI is InChI=1S/C35H31N3O8S/c1-3-44-35(43)29-26-17-14-21(2)18-28(26)47-32(29)37-30(39)31(40)38-36-20-24-15-16-25(45-33(41)22-10-6-4-7-11-22)19-27(24)46-34(42)23-12-8-5-9-13-23/h4-13,15-16,19-21H,3,14,17-18H2,1-2H3,(H,37,39)(H,38,40)/b36-20-/t21-/m1/s1. The van der Waals surface area contributed by atoms with Crippen LogP contribution < -0.4 is 20.2 Å². The van der Waals surface area contributed by atoms with Crippen molar-refractivity contribution in [3.8, 4) is 11.5 Å². The van der Waals surface area contributed by atoms with E-state index < -0.39 is 29.7 Å². The van der Waals surface area contributed by atoms with E-state index in [-0.39, 0.29) is 39.8 Å². The Morgan fingerprint density at radius 2 is 1.53 bits per heavy atom. The molecule has 0 bridgehead atoms. The maximum absolute atomic E-state index is 12.8. The number of nitrogens with one attached hydrogen (secondary N) is 2. The third kappa shape index (κ3) is 8.16. The van der Waals surface area contributed by atoms with Crippen LogP contribution in [0, 0.1) is 5.92 Å². The first-order valence-corrected chi connectivity index (χ1v) is 15.7. The number of anilines is 1. The summed E-state index contributed by atoms with van der Waals surface area (Å²) in [6.45, 7) is 3.98.